The third-order valence-corrected chi connectivity index (χ3v) is 1.73. The highest BCUT2D eigenvalue weighted by Gasteiger charge is 2.06. The van der Waals surface area contributed by atoms with Crippen molar-refractivity contribution in [1.29, 1.82) is 0 Å². The second-order valence-electron chi connectivity index (χ2n) is 2.81. The zero-order chi connectivity index (χ0) is 8.69. The zero-order valence-electron chi connectivity index (χ0n) is 7.64. The minimum atomic E-state index is 0.122. The first-order valence-electron chi connectivity index (χ1n) is 4.02. The van der Waals surface area contributed by atoms with Crippen molar-refractivity contribution in [2.75, 3.05) is 33.9 Å². The molecule has 0 fully saturated rings. The Morgan fingerprint density at radius 3 is 2.64 bits per heavy atom. The Hall–Kier alpha value is 0.210. The largest absolute Gasteiger partial charge is 0.383 e. The number of nitrogens with zero attached hydrogens (tertiary/aromatic N) is 1. The lowest BCUT2D eigenvalue weighted by Crippen LogP contribution is -2.29. The molecule has 0 saturated heterocycles. The fourth-order valence-corrected chi connectivity index (χ4v) is 1.41. The van der Waals surface area contributed by atoms with Crippen molar-refractivity contribution in [2.45, 2.75) is 18.7 Å². The van der Waals surface area contributed by atoms with Crippen LogP contribution in [0, 0.1) is 0 Å². The standard InChI is InChI=1S/C8H18ClNO/c1-4-5-10(2)6-8(9)7-11-3/h8H,4-7H2,1-3H3. The molecule has 0 bridgehead atoms. The van der Waals surface area contributed by atoms with Crippen LogP contribution in [-0.4, -0.2) is 44.1 Å². The molecule has 0 aromatic carbocycles. The summed E-state index contributed by atoms with van der Waals surface area (Å²) in [5, 5.41) is 0.122. The van der Waals surface area contributed by atoms with E-state index in [1.807, 2.05) is 0 Å². The van der Waals surface area contributed by atoms with E-state index in [4.69, 9.17) is 16.3 Å². The quantitative estimate of drug-likeness (QED) is 0.575. The molecule has 3 heteroatoms. The molecule has 0 spiro atoms. The Bertz CT molecular complexity index is 80.2. The maximum Gasteiger partial charge on any atom is 0.0696 e. The molecule has 0 amide bonds. The summed E-state index contributed by atoms with van der Waals surface area (Å²) in [7, 11) is 3.75. The van der Waals surface area contributed by atoms with Crippen molar-refractivity contribution < 1.29 is 4.74 Å². The Kier molecular flexibility index (Phi) is 7.02. The molecule has 0 aliphatic carbocycles. The van der Waals surface area contributed by atoms with Crippen LogP contribution in [0.2, 0.25) is 0 Å². The average molecular weight is 180 g/mol. The van der Waals surface area contributed by atoms with E-state index in [0.717, 1.165) is 13.1 Å². The number of methoxy groups -OCH3 is 1. The maximum absolute atomic E-state index is 5.94. The summed E-state index contributed by atoms with van der Waals surface area (Å²) in [6, 6.07) is 0. The first-order chi connectivity index (χ1) is 5.20. The van der Waals surface area contributed by atoms with Crippen molar-refractivity contribution >= 4 is 11.6 Å². The first-order valence-corrected chi connectivity index (χ1v) is 4.45. The fraction of sp³-hybridized carbons (Fsp3) is 1.00. The summed E-state index contributed by atoms with van der Waals surface area (Å²) in [5.74, 6) is 0. The van der Waals surface area contributed by atoms with Gasteiger partial charge in [0, 0.05) is 13.7 Å². The van der Waals surface area contributed by atoms with Crippen LogP contribution in [0.15, 0.2) is 0 Å². The van der Waals surface area contributed by atoms with Gasteiger partial charge in [-0.1, -0.05) is 6.92 Å². The van der Waals surface area contributed by atoms with E-state index in [1.54, 1.807) is 7.11 Å². The van der Waals surface area contributed by atoms with Crippen LogP contribution in [0.5, 0.6) is 0 Å². The van der Waals surface area contributed by atoms with E-state index >= 15 is 0 Å². The van der Waals surface area contributed by atoms with Gasteiger partial charge in [-0.2, -0.15) is 0 Å². The molecular formula is C8H18ClNO. The van der Waals surface area contributed by atoms with Gasteiger partial charge in [-0.15, -0.1) is 11.6 Å². The molecule has 0 N–H and O–H groups in total. The van der Waals surface area contributed by atoms with Crippen LogP contribution in [0.1, 0.15) is 13.3 Å². The third kappa shape index (κ3) is 6.60. The van der Waals surface area contributed by atoms with Gasteiger partial charge in [0.1, 0.15) is 0 Å². The molecule has 0 rings (SSSR count). The molecule has 0 aromatic rings. The van der Waals surface area contributed by atoms with E-state index in [-0.39, 0.29) is 5.38 Å². The zero-order valence-corrected chi connectivity index (χ0v) is 8.40. The van der Waals surface area contributed by atoms with Crippen LogP contribution in [0.25, 0.3) is 0 Å². The number of halogens is 1. The summed E-state index contributed by atoms with van der Waals surface area (Å²) in [5.41, 5.74) is 0. The Morgan fingerprint density at radius 1 is 1.55 bits per heavy atom. The monoisotopic (exact) mass is 179 g/mol. The molecule has 0 saturated carbocycles. The average Bonchev–Trinajstić information content (AvgIpc) is 1.87. The number of hydrogen-bond donors (Lipinski definition) is 0. The molecule has 0 aliphatic rings. The topological polar surface area (TPSA) is 12.5 Å². The van der Waals surface area contributed by atoms with Crippen molar-refractivity contribution in [3.63, 3.8) is 0 Å². The van der Waals surface area contributed by atoms with Crippen molar-refractivity contribution in [3.8, 4) is 0 Å². The minimum Gasteiger partial charge on any atom is -0.383 e. The molecule has 0 heterocycles. The van der Waals surface area contributed by atoms with E-state index in [0.29, 0.717) is 6.61 Å². The molecule has 0 aromatic heterocycles. The summed E-state index contributed by atoms with van der Waals surface area (Å²) in [6.07, 6.45) is 1.17. The van der Waals surface area contributed by atoms with Crippen LogP contribution < -0.4 is 0 Å². The van der Waals surface area contributed by atoms with Gasteiger partial charge in [0.15, 0.2) is 0 Å². The molecule has 0 radical (unpaired) electrons. The van der Waals surface area contributed by atoms with Gasteiger partial charge in [-0.05, 0) is 20.0 Å². The highest BCUT2D eigenvalue weighted by Crippen LogP contribution is 1.99. The van der Waals surface area contributed by atoms with Gasteiger partial charge in [-0.3, -0.25) is 0 Å². The third-order valence-electron chi connectivity index (χ3n) is 1.46. The van der Waals surface area contributed by atoms with E-state index < -0.39 is 0 Å². The van der Waals surface area contributed by atoms with Crippen LogP contribution in [-0.2, 0) is 4.74 Å². The van der Waals surface area contributed by atoms with Gasteiger partial charge in [0.25, 0.3) is 0 Å². The van der Waals surface area contributed by atoms with Crippen LogP contribution in [0.4, 0.5) is 0 Å². The highest BCUT2D eigenvalue weighted by atomic mass is 35.5. The molecule has 68 valence electrons. The summed E-state index contributed by atoms with van der Waals surface area (Å²) in [4.78, 5) is 2.22. The number of rotatable bonds is 6. The SMILES string of the molecule is CCCN(C)CC(Cl)COC. The number of hydrogen-bond acceptors (Lipinski definition) is 2. The second kappa shape index (κ2) is 6.89. The Balaban J connectivity index is 3.32. The van der Waals surface area contributed by atoms with Crippen molar-refractivity contribution in [3.05, 3.63) is 0 Å². The number of alkyl halides is 1. The van der Waals surface area contributed by atoms with Crippen LogP contribution in [0.3, 0.4) is 0 Å². The van der Waals surface area contributed by atoms with E-state index in [9.17, 15) is 0 Å². The number of ether oxygens (including phenoxy) is 1. The Morgan fingerprint density at radius 2 is 2.18 bits per heavy atom. The van der Waals surface area contributed by atoms with Crippen molar-refractivity contribution in [1.82, 2.24) is 4.90 Å². The lowest BCUT2D eigenvalue weighted by Gasteiger charge is -2.18. The van der Waals surface area contributed by atoms with Gasteiger partial charge in [-0.25, -0.2) is 0 Å². The molecule has 11 heavy (non-hydrogen) atoms. The normalized spacial score (nSPS) is 13.9. The van der Waals surface area contributed by atoms with Gasteiger partial charge >= 0.3 is 0 Å². The predicted molar refractivity (Wildman–Crippen MR) is 49.3 cm³/mol. The smallest absolute Gasteiger partial charge is 0.0696 e. The van der Waals surface area contributed by atoms with Gasteiger partial charge in [0.05, 0.1) is 12.0 Å². The molecular weight excluding hydrogens is 162 g/mol. The van der Waals surface area contributed by atoms with Gasteiger partial charge < -0.3 is 9.64 Å². The summed E-state index contributed by atoms with van der Waals surface area (Å²) >= 11 is 5.94. The predicted octanol–water partition coefficient (Wildman–Crippen LogP) is 1.58. The van der Waals surface area contributed by atoms with Crippen LogP contribution >= 0.6 is 11.6 Å². The van der Waals surface area contributed by atoms with Gasteiger partial charge in [0.2, 0.25) is 0 Å². The second-order valence-corrected chi connectivity index (χ2v) is 3.43. The molecule has 2 nitrogen and oxygen atoms in total. The maximum atomic E-state index is 5.94. The fourth-order valence-electron chi connectivity index (χ4n) is 1.04. The van der Waals surface area contributed by atoms with E-state index in [2.05, 4.69) is 18.9 Å². The molecule has 0 aliphatic heterocycles. The lowest BCUT2D eigenvalue weighted by molar-refractivity contribution is 0.182. The summed E-state index contributed by atoms with van der Waals surface area (Å²) in [6.45, 7) is 4.81. The molecule has 1 atom stereocenters. The van der Waals surface area contributed by atoms with Crippen molar-refractivity contribution in [2.24, 2.45) is 0 Å². The highest BCUT2D eigenvalue weighted by molar-refractivity contribution is 6.20. The molecule has 1 unspecified atom stereocenters. The Labute approximate surface area is 74.5 Å². The lowest BCUT2D eigenvalue weighted by atomic mass is 10.3. The first kappa shape index (κ1) is 11.2. The van der Waals surface area contributed by atoms with E-state index in [1.165, 1.54) is 6.42 Å². The summed E-state index contributed by atoms with van der Waals surface area (Å²) < 4.78 is 4.92. The minimum absolute atomic E-state index is 0.122.